The maximum absolute atomic E-state index is 11.1. The fraction of sp³-hybridized carbons (Fsp3) is 0.250. The molecule has 1 aromatic carbocycles. The highest BCUT2D eigenvalue weighted by Gasteiger charge is 2.27. The van der Waals surface area contributed by atoms with Gasteiger partial charge in [-0.2, -0.15) is 0 Å². The van der Waals surface area contributed by atoms with Crippen LogP contribution in [0.5, 0.6) is 0 Å². The summed E-state index contributed by atoms with van der Waals surface area (Å²) in [4.78, 5) is 11.1. The van der Waals surface area contributed by atoms with Crippen molar-refractivity contribution >= 4 is 28.8 Å². The van der Waals surface area contributed by atoms with Crippen LogP contribution in [-0.4, -0.2) is 10.9 Å². The molecule has 1 atom stereocenters. The van der Waals surface area contributed by atoms with E-state index in [1.54, 1.807) is 0 Å². The fourth-order valence-electron chi connectivity index (χ4n) is 2.43. The van der Waals surface area contributed by atoms with Crippen LogP contribution in [0.2, 0.25) is 0 Å². The van der Waals surface area contributed by atoms with Crippen molar-refractivity contribution in [2.24, 2.45) is 0 Å². The van der Waals surface area contributed by atoms with Gasteiger partial charge in [0.25, 0.3) is 0 Å². The molecule has 1 aromatic heterocycles. The number of hydrogen-bond acceptors (Lipinski definition) is 1. The number of aldehydes is 1. The maximum Gasteiger partial charge on any atom is 0.152 e. The number of aromatic nitrogens is 1. The smallest absolute Gasteiger partial charge is 0.152 e. The number of para-hydroxylation sites is 1. The fourth-order valence-corrected chi connectivity index (χ4v) is 2.76. The first-order chi connectivity index (χ1) is 7.33. The van der Waals surface area contributed by atoms with Gasteiger partial charge in [-0.1, -0.05) is 18.2 Å². The number of carbonyl (C=O) groups is 1. The van der Waals surface area contributed by atoms with Gasteiger partial charge in [0.15, 0.2) is 6.29 Å². The molecule has 3 rings (SSSR count). The zero-order valence-electron chi connectivity index (χ0n) is 8.11. The Labute approximate surface area is 92.5 Å². The Morgan fingerprint density at radius 2 is 2.20 bits per heavy atom. The van der Waals surface area contributed by atoms with Crippen LogP contribution in [-0.2, 0) is 6.54 Å². The van der Waals surface area contributed by atoms with E-state index in [9.17, 15) is 4.79 Å². The second-order valence-electron chi connectivity index (χ2n) is 3.84. The third-order valence-corrected chi connectivity index (χ3v) is 3.50. The first kappa shape index (κ1) is 8.98. The van der Waals surface area contributed by atoms with Gasteiger partial charge >= 0.3 is 0 Å². The van der Waals surface area contributed by atoms with Gasteiger partial charge in [-0.05, 0) is 12.5 Å². The standard InChI is InChI=1S/C12H10ClNO/c13-10-5-6-14-11-4-2-1-3-8(11)9(7-15)12(10)14/h1-4,7,10H,5-6H2. The van der Waals surface area contributed by atoms with Crippen molar-refractivity contribution in [3.8, 4) is 0 Å². The van der Waals surface area contributed by atoms with E-state index in [0.29, 0.717) is 0 Å². The van der Waals surface area contributed by atoms with Crippen LogP contribution in [0.1, 0.15) is 27.8 Å². The molecule has 0 fully saturated rings. The van der Waals surface area contributed by atoms with Gasteiger partial charge in [0.1, 0.15) is 0 Å². The quantitative estimate of drug-likeness (QED) is 0.534. The van der Waals surface area contributed by atoms with Crippen LogP contribution in [0.25, 0.3) is 10.9 Å². The van der Waals surface area contributed by atoms with Gasteiger partial charge in [0.2, 0.25) is 0 Å². The predicted molar refractivity (Wildman–Crippen MR) is 60.5 cm³/mol. The Bertz CT molecular complexity index is 544. The summed E-state index contributed by atoms with van der Waals surface area (Å²) < 4.78 is 2.16. The molecule has 0 aliphatic carbocycles. The largest absolute Gasteiger partial charge is 0.342 e. The van der Waals surface area contributed by atoms with Crippen molar-refractivity contribution in [2.75, 3.05) is 0 Å². The summed E-state index contributed by atoms with van der Waals surface area (Å²) in [7, 11) is 0. The number of fused-ring (bicyclic) bond motifs is 3. The van der Waals surface area contributed by atoms with Crippen LogP contribution in [0, 0.1) is 0 Å². The van der Waals surface area contributed by atoms with E-state index in [1.165, 1.54) is 0 Å². The highest BCUT2D eigenvalue weighted by atomic mass is 35.5. The first-order valence-electron chi connectivity index (χ1n) is 5.03. The van der Waals surface area contributed by atoms with E-state index in [0.717, 1.165) is 41.4 Å². The van der Waals surface area contributed by atoms with Crippen LogP contribution in [0.4, 0.5) is 0 Å². The summed E-state index contributed by atoms with van der Waals surface area (Å²) >= 11 is 6.22. The summed E-state index contributed by atoms with van der Waals surface area (Å²) in [5.74, 6) is 0. The molecule has 0 radical (unpaired) electrons. The third kappa shape index (κ3) is 1.08. The molecule has 3 heteroatoms. The van der Waals surface area contributed by atoms with Crippen molar-refractivity contribution in [3.63, 3.8) is 0 Å². The molecule has 1 aliphatic rings. The molecule has 0 spiro atoms. The van der Waals surface area contributed by atoms with E-state index >= 15 is 0 Å². The summed E-state index contributed by atoms with van der Waals surface area (Å²) in [6, 6.07) is 7.97. The van der Waals surface area contributed by atoms with E-state index < -0.39 is 0 Å². The normalized spacial score (nSPS) is 19.4. The van der Waals surface area contributed by atoms with Gasteiger partial charge in [0, 0.05) is 28.7 Å². The SMILES string of the molecule is O=Cc1c2n(c3ccccc13)CCC2Cl. The average molecular weight is 220 g/mol. The van der Waals surface area contributed by atoms with Gasteiger partial charge in [-0.25, -0.2) is 0 Å². The summed E-state index contributed by atoms with van der Waals surface area (Å²) in [5.41, 5.74) is 2.88. The maximum atomic E-state index is 11.1. The molecule has 0 amide bonds. The molecule has 1 unspecified atom stereocenters. The van der Waals surface area contributed by atoms with Crippen molar-refractivity contribution in [1.82, 2.24) is 4.57 Å². The highest BCUT2D eigenvalue weighted by Crippen LogP contribution is 2.39. The number of alkyl halides is 1. The Morgan fingerprint density at radius 1 is 1.40 bits per heavy atom. The molecule has 0 bridgehead atoms. The summed E-state index contributed by atoms with van der Waals surface area (Å²) in [6.07, 6.45) is 1.84. The van der Waals surface area contributed by atoms with Crippen molar-refractivity contribution < 1.29 is 4.79 Å². The molecule has 0 saturated heterocycles. The number of aryl methyl sites for hydroxylation is 1. The second-order valence-corrected chi connectivity index (χ2v) is 4.37. The lowest BCUT2D eigenvalue weighted by atomic mass is 10.1. The van der Waals surface area contributed by atoms with Crippen molar-refractivity contribution in [1.29, 1.82) is 0 Å². The third-order valence-electron chi connectivity index (χ3n) is 3.07. The molecule has 15 heavy (non-hydrogen) atoms. The van der Waals surface area contributed by atoms with Gasteiger partial charge in [0.05, 0.1) is 5.38 Å². The monoisotopic (exact) mass is 219 g/mol. The zero-order valence-corrected chi connectivity index (χ0v) is 8.87. The van der Waals surface area contributed by atoms with E-state index in [-0.39, 0.29) is 5.38 Å². The number of carbonyl (C=O) groups excluding carboxylic acids is 1. The van der Waals surface area contributed by atoms with Crippen molar-refractivity contribution in [3.05, 3.63) is 35.5 Å². The number of halogens is 1. The van der Waals surface area contributed by atoms with E-state index in [1.807, 2.05) is 24.3 Å². The van der Waals surface area contributed by atoms with E-state index in [4.69, 9.17) is 11.6 Å². The minimum absolute atomic E-state index is 0.0161. The first-order valence-corrected chi connectivity index (χ1v) is 5.47. The lowest BCUT2D eigenvalue weighted by Gasteiger charge is -1.99. The molecular formula is C12H10ClNO. The zero-order chi connectivity index (χ0) is 10.4. The Kier molecular flexibility index (Phi) is 1.86. The molecule has 76 valence electrons. The molecule has 0 saturated carbocycles. The molecule has 2 aromatic rings. The molecule has 2 heterocycles. The lowest BCUT2D eigenvalue weighted by Crippen LogP contribution is -1.92. The number of benzene rings is 1. The number of nitrogens with zero attached hydrogens (tertiary/aromatic N) is 1. The van der Waals surface area contributed by atoms with Crippen LogP contribution < -0.4 is 0 Å². The predicted octanol–water partition coefficient (Wildman–Crippen LogP) is 3.14. The summed E-state index contributed by atoms with van der Waals surface area (Å²) in [6.45, 7) is 0.915. The van der Waals surface area contributed by atoms with Gasteiger partial charge in [-0.15, -0.1) is 11.6 Å². The second kappa shape index (κ2) is 3.11. The van der Waals surface area contributed by atoms with E-state index in [2.05, 4.69) is 4.57 Å². The summed E-state index contributed by atoms with van der Waals surface area (Å²) in [5, 5.41) is 1.01. The molecule has 0 N–H and O–H groups in total. The number of hydrogen-bond donors (Lipinski definition) is 0. The van der Waals surface area contributed by atoms with Crippen LogP contribution >= 0.6 is 11.6 Å². The minimum atomic E-state index is -0.0161. The van der Waals surface area contributed by atoms with Crippen LogP contribution in [0.3, 0.4) is 0 Å². The van der Waals surface area contributed by atoms with Gasteiger partial charge in [-0.3, -0.25) is 4.79 Å². The topological polar surface area (TPSA) is 22.0 Å². The molecule has 2 nitrogen and oxygen atoms in total. The van der Waals surface area contributed by atoms with Crippen LogP contribution in [0.15, 0.2) is 24.3 Å². The Morgan fingerprint density at radius 3 is 3.00 bits per heavy atom. The van der Waals surface area contributed by atoms with Gasteiger partial charge < -0.3 is 4.57 Å². The highest BCUT2D eigenvalue weighted by molar-refractivity contribution is 6.22. The molecule has 1 aliphatic heterocycles. The van der Waals surface area contributed by atoms with Crippen molar-refractivity contribution in [2.45, 2.75) is 18.3 Å². The minimum Gasteiger partial charge on any atom is -0.342 e. The Balaban J connectivity index is 2.46. The molecular weight excluding hydrogens is 210 g/mol. The lowest BCUT2D eigenvalue weighted by molar-refractivity contribution is 0.112. The number of rotatable bonds is 1. The average Bonchev–Trinajstić information content (AvgIpc) is 2.78. The Hall–Kier alpha value is -1.28.